The Balaban J connectivity index is 1.82. The number of sulfonamides is 1. The standard InChI is InChI=1S/C19H22ClF3N4O3S/c1-25(18-16(20)9-14(11-24-18)19(21,22)23)27(31(3,28)29)12-15-10-17(26(2)30-15)13-7-5-4-6-8-13/h4-9,11,15,17H,10,12H2,1-3H3/t15-,17+/m0/s1. The van der Waals surface area contributed by atoms with E-state index in [1.54, 1.807) is 12.1 Å². The Kier molecular flexibility index (Phi) is 6.82. The number of nitrogens with zero attached hydrogens (tertiary/aromatic N) is 4. The van der Waals surface area contributed by atoms with Crippen LogP contribution in [0, 0.1) is 0 Å². The van der Waals surface area contributed by atoms with Gasteiger partial charge >= 0.3 is 6.18 Å². The van der Waals surface area contributed by atoms with Crippen LogP contribution < -0.4 is 5.01 Å². The van der Waals surface area contributed by atoms with Gasteiger partial charge in [0.25, 0.3) is 0 Å². The van der Waals surface area contributed by atoms with Crippen LogP contribution in [0.4, 0.5) is 19.0 Å². The van der Waals surface area contributed by atoms with Crippen LogP contribution >= 0.6 is 11.6 Å². The van der Waals surface area contributed by atoms with E-state index in [0.717, 1.165) is 21.2 Å². The highest BCUT2D eigenvalue weighted by Gasteiger charge is 2.37. The number of aromatic nitrogens is 1. The van der Waals surface area contributed by atoms with Gasteiger partial charge in [-0.1, -0.05) is 41.9 Å². The summed E-state index contributed by atoms with van der Waals surface area (Å²) in [6.07, 6.45) is -2.97. The molecular formula is C19H22ClF3N4O3S. The van der Waals surface area contributed by atoms with Gasteiger partial charge < -0.3 is 0 Å². The molecule has 1 aromatic carbocycles. The first kappa shape index (κ1) is 23.7. The number of hydrogen-bond donors (Lipinski definition) is 0. The highest BCUT2D eigenvalue weighted by Crippen LogP contribution is 2.36. The molecule has 7 nitrogen and oxygen atoms in total. The summed E-state index contributed by atoms with van der Waals surface area (Å²) >= 11 is 6.00. The summed E-state index contributed by atoms with van der Waals surface area (Å²) < 4.78 is 64.6. The Morgan fingerprint density at radius 3 is 2.48 bits per heavy atom. The maximum atomic E-state index is 12.9. The smallest absolute Gasteiger partial charge is 0.294 e. The molecule has 2 atom stereocenters. The maximum absolute atomic E-state index is 12.9. The number of benzene rings is 1. The molecule has 0 radical (unpaired) electrons. The molecule has 1 saturated heterocycles. The van der Waals surface area contributed by atoms with Crippen LogP contribution in [0.1, 0.15) is 23.6 Å². The molecule has 1 aliphatic rings. The molecule has 2 aromatic rings. The molecule has 0 amide bonds. The van der Waals surface area contributed by atoms with E-state index < -0.39 is 27.9 Å². The zero-order valence-corrected chi connectivity index (χ0v) is 18.6. The van der Waals surface area contributed by atoms with E-state index in [2.05, 4.69) is 4.98 Å². The molecular weight excluding hydrogens is 457 g/mol. The second kappa shape index (κ2) is 8.91. The number of anilines is 1. The Bertz CT molecular complexity index is 1020. The van der Waals surface area contributed by atoms with Crippen molar-refractivity contribution in [2.75, 3.05) is 31.9 Å². The molecule has 1 aliphatic heterocycles. The van der Waals surface area contributed by atoms with Gasteiger partial charge in [-0.15, -0.1) is 4.41 Å². The molecule has 0 saturated carbocycles. The molecule has 31 heavy (non-hydrogen) atoms. The van der Waals surface area contributed by atoms with Crippen molar-refractivity contribution in [2.45, 2.75) is 24.7 Å². The van der Waals surface area contributed by atoms with Crippen LogP contribution in [-0.2, 0) is 21.0 Å². The fourth-order valence-corrected chi connectivity index (χ4v) is 4.71. The topological polar surface area (TPSA) is 66.0 Å². The average Bonchev–Trinajstić information content (AvgIpc) is 3.05. The van der Waals surface area contributed by atoms with Crippen LogP contribution in [0.25, 0.3) is 0 Å². The molecule has 170 valence electrons. The lowest BCUT2D eigenvalue weighted by Gasteiger charge is -2.32. The molecule has 0 bridgehead atoms. The summed E-state index contributed by atoms with van der Waals surface area (Å²) in [6, 6.07) is 10.3. The Morgan fingerprint density at radius 1 is 1.29 bits per heavy atom. The van der Waals surface area contributed by atoms with Crippen molar-refractivity contribution in [3.05, 3.63) is 58.7 Å². The first-order valence-electron chi connectivity index (χ1n) is 9.26. The number of pyridine rings is 1. The molecule has 12 heteroatoms. The van der Waals surface area contributed by atoms with E-state index in [1.165, 1.54) is 7.05 Å². The number of rotatable bonds is 6. The van der Waals surface area contributed by atoms with Gasteiger partial charge in [0.2, 0.25) is 10.0 Å². The lowest BCUT2D eigenvalue weighted by Crippen LogP contribution is -2.48. The van der Waals surface area contributed by atoms with E-state index in [9.17, 15) is 21.6 Å². The summed E-state index contributed by atoms with van der Waals surface area (Å²) in [4.78, 5) is 9.58. The largest absolute Gasteiger partial charge is 0.417 e. The quantitative estimate of drug-likeness (QED) is 0.589. The number of halogens is 4. The predicted molar refractivity (Wildman–Crippen MR) is 111 cm³/mol. The summed E-state index contributed by atoms with van der Waals surface area (Å²) in [5, 5.41) is 2.47. The van der Waals surface area contributed by atoms with Crippen LogP contribution in [0.5, 0.6) is 0 Å². The van der Waals surface area contributed by atoms with E-state index in [0.29, 0.717) is 18.7 Å². The molecule has 0 unspecified atom stereocenters. The minimum atomic E-state index is -4.61. The van der Waals surface area contributed by atoms with Gasteiger partial charge in [0, 0.05) is 20.3 Å². The Morgan fingerprint density at radius 2 is 1.94 bits per heavy atom. The van der Waals surface area contributed by atoms with Gasteiger partial charge in [-0.2, -0.15) is 18.2 Å². The zero-order chi connectivity index (χ0) is 23.0. The fourth-order valence-electron chi connectivity index (χ4n) is 3.46. The first-order chi connectivity index (χ1) is 14.4. The Hall–Kier alpha value is -1.92. The van der Waals surface area contributed by atoms with Crippen LogP contribution in [0.2, 0.25) is 5.02 Å². The third kappa shape index (κ3) is 5.47. The molecule has 0 N–H and O–H groups in total. The third-order valence-corrected chi connectivity index (χ3v) is 6.40. The SMILES string of the molecule is CN1O[C@H](CN(N(C)c2ncc(C(F)(F)F)cc2Cl)S(C)(=O)=O)C[C@@H]1c1ccccc1. The second-order valence-electron chi connectivity index (χ2n) is 7.25. The molecule has 0 aliphatic carbocycles. The summed E-state index contributed by atoms with van der Waals surface area (Å²) in [5.41, 5.74) is 0.00576. The van der Waals surface area contributed by atoms with Crippen LogP contribution in [0.3, 0.4) is 0 Å². The molecule has 0 spiro atoms. The van der Waals surface area contributed by atoms with Gasteiger partial charge in [-0.3, -0.25) is 9.85 Å². The highest BCUT2D eigenvalue weighted by atomic mass is 35.5. The van der Waals surface area contributed by atoms with Gasteiger partial charge in [0.1, 0.15) is 0 Å². The zero-order valence-electron chi connectivity index (χ0n) is 17.0. The number of alkyl halides is 3. The molecule has 1 fully saturated rings. The van der Waals surface area contributed by atoms with Crippen molar-refractivity contribution in [3.63, 3.8) is 0 Å². The van der Waals surface area contributed by atoms with E-state index >= 15 is 0 Å². The van der Waals surface area contributed by atoms with Gasteiger partial charge in [-0.25, -0.2) is 13.4 Å². The maximum Gasteiger partial charge on any atom is 0.417 e. The van der Waals surface area contributed by atoms with Crippen molar-refractivity contribution >= 4 is 27.4 Å². The average molecular weight is 479 g/mol. The minimum absolute atomic E-state index is 0.0642. The van der Waals surface area contributed by atoms with Gasteiger partial charge in [-0.05, 0) is 18.1 Å². The normalized spacial score (nSPS) is 20.4. The van der Waals surface area contributed by atoms with E-state index in [-0.39, 0.29) is 23.4 Å². The summed E-state index contributed by atoms with van der Waals surface area (Å²) in [7, 11) is -0.680. The highest BCUT2D eigenvalue weighted by molar-refractivity contribution is 7.88. The van der Waals surface area contributed by atoms with Crippen LogP contribution in [-0.4, -0.2) is 55.9 Å². The first-order valence-corrected chi connectivity index (χ1v) is 11.5. The number of hydrazine groups is 1. The third-order valence-electron chi connectivity index (χ3n) is 4.96. The summed E-state index contributed by atoms with van der Waals surface area (Å²) in [6.45, 7) is -0.0674. The second-order valence-corrected chi connectivity index (χ2v) is 9.55. The lowest BCUT2D eigenvalue weighted by molar-refractivity contribution is -0.146. The van der Waals surface area contributed by atoms with Crippen molar-refractivity contribution in [1.82, 2.24) is 14.5 Å². The number of hydroxylamine groups is 2. The fraction of sp³-hybridized carbons (Fsp3) is 0.421. The minimum Gasteiger partial charge on any atom is -0.294 e. The van der Waals surface area contributed by atoms with Crippen molar-refractivity contribution < 1.29 is 26.4 Å². The summed E-state index contributed by atoms with van der Waals surface area (Å²) in [5.74, 6) is -0.119. The van der Waals surface area contributed by atoms with Gasteiger partial charge in [0.15, 0.2) is 5.82 Å². The van der Waals surface area contributed by atoms with E-state index in [1.807, 2.05) is 30.3 Å². The lowest BCUT2D eigenvalue weighted by atomic mass is 10.0. The number of hydrogen-bond acceptors (Lipinski definition) is 6. The molecule has 3 rings (SSSR count). The van der Waals surface area contributed by atoms with Crippen molar-refractivity contribution in [1.29, 1.82) is 0 Å². The Labute approximate surface area is 183 Å². The van der Waals surface area contributed by atoms with Crippen LogP contribution in [0.15, 0.2) is 42.6 Å². The van der Waals surface area contributed by atoms with Crippen molar-refractivity contribution in [2.24, 2.45) is 0 Å². The van der Waals surface area contributed by atoms with Gasteiger partial charge in [0.05, 0.1) is 35.5 Å². The predicted octanol–water partition coefficient (Wildman–Crippen LogP) is 3.74. The van der Waals surface area contributed by atoms with E-state index in [4.69, 9.17) is 16.4 Å². The molecule has 1 aromatic heterocycles. The monoisotopic (exact) mass is 478 g/mol. The van der Waals surface area contributed by atoms with Crippen molar-refractivity contribution in [3.8, 4) is 0 Å². The molecule has 2 heterocycles.